The Hall–Kier alpha value is -2.35. The van der Waals surface area contributed by atoms with Crippen molar-refractivity contribution in [1.29, 1.82) is 0 Å². The van der Waals surface area contributed by atoms with E-state index in [1.165, 1.54) is 11.1 Å². The van der Waals surface area contributed by atoms with E-state index in [0.717, 1.165) is 24.2 Å². The first-order chi connectivity index (χ1) is 10.2. The van der Waals surface area contributed by atoms with Gasteiger partial charge in [-0.2, -0.15) is 0 Å². The average molecular weight is 276 g/mol. The number of cyclic esters (lactones) is 1. The van der Waals surface area contributed by atoms with Crippen LogP contribution in [0, 0.1) is 0 Å². The van der Waals surface area contributed by atoms with Gasteiger partial charge in [0.2, 0.25) is 0 Å². The number of hydrogen-bond acceptors (Lipinski definition) is 2. The Morgan fingerprint density at radius 2 is 1.57 bits per heavy atom. The minimum atomic E-state index is -0.233. The third-order valence-corrected chi connectivity index (χ3v) is 4.72. The van der Waals surface area contributed by atoms with E-state index in [-0.39, 0.29) is 11.4 Å². The van der Waals surface area contributed by atoms with Crippen LogP contribution in [0.15, 0.2) is 60.2 Å². The number of fused-ring (bicyclic) bond motifs is 1. The van der Waals surface area contributed by atoms with Gasteiger partial charge in [0.25, 0.3) is 0 Å². The van der Waals surface area contributed by atoms with Crippen LogP contribution in [0.5, 0.6) is 0 Å². The number of hydrogen-bond donors (Lipinski definition) is 0. The Morgan fingerprint density at radius 3 is 2.24 bits per heavy atom. The molecule has 0 saturated heterocycles. The predicted molar refractivity (Wildman–Crippen MR) is 81.8 cm³/mol. The van der Waals surface area contributed by atoms with Crippen molar-refractivity contribution in [1.82, 2.24) is 0 Å². The van der Waals surface area contributed by atoms with E-state index in [1.807, 2.05) is 30.3 Å². The molecule has 0 bridgehead atoms. The Balaban J connectivity index is 1.86. The zero-order valence-corrected chi connectivity index (χ0v) is 11.9. The zero-order valence-electron chi connectivity index (χ0n) is 11.9. The van der Waals surface area contributed by atoms with Crippen LogP contribution < -0.4 is 0 Å². The van der Waals surface area contributed by atoms with Crippen LogP contribution in [-0.4, -0.2) is 5.97 Å². The summed E-state index contributed by atoms with van der Waals surface area (Å²) in [5.74, 6) is 0.528. The zero-order chi connectivity index (χ0) is 14.4. The van der Waals surface area contributed by atoms with Gasteiger partial charge in [-0.1, -0.05) is 48.5 Å². The molecule has 0 unspecified atom stereocenters. The lowest BCUT2D eigenvalue weighted by Gasteiger charge is -2.18. The number of esters is 1. The third kappa shape index (κ3) is 1.75. The number of ether oxygens (including phenoxy) is 1. The van der Waals surface area contributed by atoms with Crippen LogP contribution in [0.4, 0.5) is 0 Å². The highest BCUT2D eigenvalue weighted by atomic mass is 16.5. The Bertz CT molecular complexity index is 752. The Kier molecular flexibility index (Phi) is 2.55. The molecule has 1 heterocycles. The molecule has 1 aliphatic carbocycles. The van der Waals surface area contributed by atoms with Gasteiger partial charge in [0.05, 0.1) is 5.56 Å². The summed E-state index contributed by atoms with van der Waals surface area (Å²) in [5, 5.41) is 0. The number of carbonyl (C=O) groups is 1. The van der Waals surface area contributed by atoms with Crippen molar-refractivity contribution in [2.45, 2.75) is 25.2 Å². The minimum Gasteiger partial charge on any atom is -0.422 e. The van der Waals surface area contributed by atoms with E-state index in [4.69, 9.17) is 4.74 Å². The van der Waals surface area contributed by atoms with Crippen molar-refractivity contribution >= 4 is 11.7 Å². The van der Waals surface area contributed by atoms with Crippen LogP contribution in [0.2, 0.25) is 0 Å². The van der Waals surface area contributed by atoms with E-state index in [9.17, 15) is 4.79 Å². The van der Waals surface area contributed by atoms with E-state index in [2.05, 4.69) is 31.2 Å². The molecule has 0 atom stereocenters. The fraction of sp³-hybridized carbons (Fsp3) is 0.211. The summed E-state index contributed by atoms with van der Waals surface area (Å²) in [6, 6.07) is 18.1. The van der Waals surface area contributed by atoms with Crippen LogP contribution in [0.25, 0.3) is 5.76 Å². The fourth-order valence-corrected chi connectivity index (χ4v) is 3.32. The van der Waals surface area contributed by atoms with Crippen LogP contribution in [0.3, 0.4) is 0 Å². The molecule has 104 valence electrons. The van der Waals surface area contributed by atoms with Gasteiger partial charge in [-0.05, 0) is 37.0 Å². The summed E-state index contributed by atoms with van der Waals surface area (Å²) < 4.78 is 5.58. The summed E-state index contributed by atoms with van der Waals surface area (Å²) >= 11 is 0. The molecular weight excluding hydrogens is 260 g/mol. The van der Waals surface area contributed by atoms with Gasteiger partial charge in [-0.25, -0.2) is 4.79 Å². The molecule has 2 heteroatoms. The molecule has 1 saturated carbocycles. The lowest BCUT2D eigenvalue weighted by atomic mass is 9.86. The van der Waals surface area contributed by atoms with Crippen LogP contribution in [-0.2, 0) is 10.2 Å². The highest BCUT2D eigenvalue weighted by molar-refractivity contribution is 6.03. The molecule has 0 aromatic heterocycles. The second-order valence-corrected chi connectivity index (χ2v) is 5.84. The maximum absolute atomic E-state index is 12.0. The topological polar surface area (TPSA) is 26.3 Å². The van der Waals surface area contributed by atoms with Crippen molar-refractivity contribution in [3.8, 4) is 0 Å². The number of allylic oxidation sites excluding steroid dienone is 1. The van der Waals surface area contributed by atoms with Crippen molar-refractivity contribution < 1.29 is 9.53 Å². The summed E-state index contributed by atoms with van der Waals surface area (Å²) in [7, 11) is 0. The maximum Gasteiger partial charge on any atom is 0.344 e. The SMILES string of the molecule is C/C(=C1\OC(=O)c2ccccc21)C1(c2ccccc2)CC1. The minimum absolute atomic E-state index is 0.0499. The van der Waals surface area contributed by atoms with Gasteiger partial charge in [-0.15, -0.1) is 0 Å². The number of carbonyl (C=O) groups excluding carboxylic acids is 1. The monoisotopic (exact) mass is 276 g/mol. The molecule has 4 rings (SSSR count). The third-order valence-electron chi connectivity index (χ3n) is 4.72. The van der Waals surface area contributed by atoms with Crippen LogP contribution in [0.1, 0.15) is 41.3 Å². The largest absolute Gasteiger partial charge is 0.422 e. The average Bonchev–Trinajstić information content (AvgIpc) is 3.28. The summed E-state index contributed by atoms with van der Waals surface area (Å²) in [4.78, 5) is 12.0. The first-order valence-corrected chi connectivity index (χ1v) is 7.31. The summed E-state index contributed by atoms with van der Waals surface area (Å²) in [6.07, 6.45) is 2.23. The normalized spacial score (nSPS) is 20.7. The molecular formula is C19H16O2. The molecule has 1 fully saturated rings. The van der Waals surface area contributed by atoms with Gasteiger partial charge in [0, 0.05) is 11.0 Å². The van der Waals surface area contributed by atoms with Gasteiger partial charge in [0.15, 0.2) is 0 Å². The van der Waals surface area contributed by atoms with Crippen LogP contribution >= 0.6 is 0 Å². The first-order valence-electron chi connectivity index (χ1n) is 7.31. The molecule has 2 aliphatic rings. The highest BCUT2D eigenvalue weighted by Crippen LogP contribution is 2.56. The summed E-state index contributed by atoms with van der Waals surface area (Å²) in [6.45, 7) is 2.10. The molecule has 2 aromatic rings. The quantitative estimate of drug-likeness (QED) is 0.764. The Labute approximate surface area is 124 Å². The molecule has 1 aliphatic heterocycles. The van der Waals surface area contributed by atoms with E-state index >= 15 is 0 Å². The predicted octanol–water partition coefficient (Wildman–Crippen LogP) is 4.32. The van der Waals surface area contributed by atoms with Crippen molar-refractivity contribution in [2.75, 3.05) is 0 Å². The number of benzene rings is 2. The van der Waals surface area contributed by atoms with Crippen molar-refractivity contribution in [2.24, 2.45) is 0 Å². The van der Waals surface area contributed by atoms with Gasteiger partial charge in [-0.3, -0.25) is 0 Å². The summed E-state index contributed by atoms with van der Waals surface area (Å²) in [5.41, 5.74) is 4.15. The van der Waals surface area contributed by atoms with E-state index in [1.54, 1.807) is 0 Å². The van der Waals surface area contributed by atoms with Gasteiger partial charge < -0.3 is 4.74 Å². The number of rotatable bonds is 2. The molecule has 0 N–H and O–H groups in total. The molecule has 21 heavy (non-hydrogen) atoms. The molecule has 0 spiro atoms. The van der Waals surface area contributed by atoms with Gasteiger partial charge >= 0.3 is 5.97 Å². The first kappa shape index (κ1) is 12.4. The van der Waals surface area contributed by atoms with Gasteiger partial charge in [0.1, 0.15) is 5.76 Å². The molecule has 2 nitrogen and oxygen atoms in total. The lowest BCUT2D eigenvalue weighted by molar-refractivity contribution is 0.0713. The molecule has 0 radical (unpaired) electrons. The van der Waals surface area contributed by atoms with E-state index in [0.29, 0.717) is 5.56 Å². The molecule has 2 aromatic carbocycles. The second-order valence-electron chi connectivity index (χ2n) is 5.84. The smallest absolute Gasteiger partial charge is 0.344 e. The van der Waals surface area contributed by atoms with E-state index < -0.39 is 0 Å². The molecule has 0 amide bonds. The standard InChI is InChI=1S/C19H16O2/c1-13(19(11-12-19)14-7-3-2-4-8-14)17-15-9-5-6-10-16(15)18(20)21-17/h2-10H,11-12H2,1H3/b17-13+. The lowest BCUT2D eigenvalue weighted by Crippen LogP contribution is -2.10. The second kappa shape index (κ2) is 4.32. The van der Waals surface area contributed by atoms with Crippen molar-refractivity contribution in [3.63, 3.8) is 0 Å². The Morgan fingerprint density at radius 1 is 0.952 bits per heavy atom. The maximum atomic E-state index is 12.0. The fourth-order valence-electron chi connectivity index (χ4n) is 3.32. The highest BCUT2D eigenvalue weighted by Gasteiger charge is 2.48. The van der Waals surface area contributed by atoms with Crippen molar-refractivity contribution in [3.05, 3.63) is 76.9 Å².